The Morgan fingerprint density at radius 1 is 1.05 bits per heavy atom. The van der Waals surface area contributed by atoms with Crippen LogP contribution in [0, 0.1) is 0 Å². The third-order valence-corrected chi connectivity index (χ3v) is 6.83. The molecule has 4 rings (SSSR count). The minimum absolute atomic E-state index is 0.0453. The van der Waals surface area contributed by atoms with Gasteiger partial charge in [0.15, 0.2) is 16.3 Å². The van der Waals surface area contributed by atoms with Gasteiger partial charge in [-0.1, -0.05) is 54.8 Å². The number of benzene rings is 2. The van der Waals surface area contributed by atoms with Crippen molar-refractivity contribution in [3.8, 4) is 17.2 Å². The Bertz CT molecular complexity index is 1580. The number of carbonyl (C=O) groups excluding carboxylic acids is 1. The molecule has 1 aliphatic heterocycles. The highest BCUT2D eigenvalue weighted by molar-refractivity contribution is 7.07. The monoisotopic (exact) mass is 532 g/mol. The summed E-state index contributed by atoms with van der Waals surface area (Å²) in [5, 5.41) is 0. The van der Waals surface area contributed by atoms with Gasteiger partial charge in [0.25, 0.3) is 5.56 Å². The average molecular weight is 533 g/mol. The molecule has 0 amide bonds. The predicted octanol–water partition coefficient (Wildman–Crippen LogP) is 3.55. The highest BCUT2D eigenvalue weighted by Crippen LogP contribution is 2.32. The molecule has 38 heavy (non-hydrogen) atoms. The van der Waals surface area contributed by atoms with E-state index in [-0.39, 0.29) is 12.2 Å². The first-order valence-corrected chi connectivity index (χ1v) is 12.6. The number of ether oxygens (including phenoxy) is 4. The van der Waals surface area contributed by atoms with Crippen molar-refractivity contribution in [3.05, 3.63) is 110 Å². The number of fused-ring (bicyclic) bond motifs is 1. The van der Waals surface area contributed by atoms with E-state index in [2.05, 4.69) is 18.2 Å². The third-order valence-electron chi connectivity index (χ3n) is 5.85. The number of hydrogen-bond donors (Lipinski definition) is 0. The molecule has 0 fully saturated rings. The van der Waals surface area contributed by atoms with Gasteiger partial charge in [-0.25, -0.2) is 9.79 Å². The maximum absolute atomic E-state index is 13.8. The molecule has 0 saturated carbocycles. The molecular weight excluding hydrogens is 504 g/mol. The van der Waals surface area contributed by atoms with E-state index < -0.39 is 12.0 Å². The van der Waals surface area contributed by atoms with Crippen LogP contribution in [0.2, 0.25) is 0 Å². The zero-order valence-corrected chi connectivity index (χ0v) is 22.2. The second kappa shape index (κ2) is 11.8. The Morgan fingerprint density at radius 2 is 1.79 bits per heavy atom. The highest BCUT2D eigenvalue weighted by Gasteiger charge is 2.33. The van der Waals surface area contributed by atoms with Crippen molar-refractivity contribution in [2.24, 2.45) is 4.99 Å². The van der Waals surface area contributed by atoms with E-state index >= 15 is 0 Å². The van der Waals surface area contributed by atoms with Crippen LogP contribution in [0.3, 0.4) is 0 Å². The first-order valence-electron chi connectivity index (χ1n) is 11.8. The molecule has 0 bridgehead atoms. The first kappa shape index (κ1) is 26.7. The fraction of sp³-hybridized carbons (Fsp3) is 0.207. The Labute approximate surface area is 224 Å². The molecule has 2 heterocycles. The Balaban J connectivity index is 1.86. The van der Waals surface area contributed by atoms with Crippen LogP contribution < -0.4 is 29.1 Å². The van der Waals surface area contributed by atoms with Crippen LogP contribution in [0.25, 0.3) is 6.08 Å². The van der Waals surface area contributed by atoms with Crippen LogP contribution in [0.4, 0.5) is 0 Å². The zero-order valence-electron chi connectivity index (χ0n) is 21.4. The molecular formula is C29H28N2O6S. The molecule has 9 heteroatoms. The fourth-order valence-corrected chi connectivity index (χ4v) is 5.14. The van der Waals surface area contributed by atoms with Gasteiger partial charge in [-0.05, 0) is 48.4 Å². The summed E-state index contributed by atoms with van der Waals surface area (Å²) in [5.41, 5.74) is 1.98. The number of aromatic nitrogens is 1. The van der Waals surface area contributed by atoms with E-state index in [9.17, 15) is 9.59 Å². The summed E-state index contributed by atoms with van der Waals surface area (Å²) in [7, 11) is 3.13. The Hall–Kier alpha value is -4.37. The molecule has 0 aliphatic carbocycles. The number of carbonyl (C=O) groups is 1. The lowest BCUT2D eigenvalue weighted by molar-refractivity contribution is -0.138. The standard InChI is InChI=1S/C29H28N2O6S/c1-6-14-36-22-13-8-19(16-23(22)35-5)17-24-27(32)31-26(20-9-11-21(34-4)12-10-20)25(28(33)37-15-7-2)18(3)30-29(31)38-24/h6-13,16-17,26H,1-2,14-15H2,3-5H3/b24-17-/t26-/m0/s1. The van der Waals surface area contributed by atoms with Crippen LogP contribution in [-0.4, -0.2) is 38.0 Å². The van der Waals surface area contributed by atoms with E-state index in [4.69, 9.17) is 18.9 Å². The molecule has 1 aromatic heterocycles. The molecule has 0 radical (unpaired) electrons. The van der Waals surface area contributed by atoms with Gasteiger partial charge in [-0.3, -0.25) is 9.36 Å². The first-order chi connectivity index (χ1) is 18.4. The van der Waals surface area contributed by atoms with E-state index in [0.717, 1.165) is 11.1 Å². The molecule has 0 N–H and O–H groups in total. The van der Waals surface area contributed by atoms with Crippen LogP contribution in [0.15, 0.2) is 88.8 Å². The van der Waals surface area contributed by atoms with Crippen LogP contribution in [0.5, 0.6) is 17.2 Å². The summed E-state index contributed by atoms with van der Waals surface area (Å²) in [4.78, 5) is 32.0. The van der Waals surface area contributed by atoms with Gasteiger partial charge in [-0.15, -0.1) is 0 Å². The number of nitrogens with zero attached hydrogens (tertiary/aromatic N) is 2. The van der Waals surface area contributed by atoms with Crippen molar-refractivity contribution in [2.75, 3.05) is 27.4 Å². The quantitative estimate of drug-likeness (QED) is 0.293. The molecule has 3 aromatic rings. The van der Waals surface area contributed by atoms with E-state index in [1.807, 2.05) is 18.2 Å². The minimum Gasteiger partial charge on any atom is -0.497 e. The normalized spacial score (nSPS) is 14.8. The summed E-state index contributed by atoms with van der Waals surface area (Å²) in [6, 6.07) is 11.9. The van der Waals surface area contributed by atoms with E-state index in [1.54, 1.807) is 57.6 Å². The molecule has 1 aliphatic rings. The topological polar surface area (TPSA) is 88.4 Å². The summed E-state index contributed by atoms with van der Waals surface area (Å²) in [6.45, 7) is 9.40. The van der Waals surface area contributed by atoms with Crippen molar-refractivity contribution in [2.45, 2.75) is 13.0 Å². The number of allylic oxidation sites excluding steroid dienone is 1. The summed E-state index contributed by atoms with van der Waals surface area (Å²) < 4.78 is 23.7. The number of hydrogen-bond acceptors (Lipinski definition) is 8. The van der Waals surface area contributed by atoms with E-state index in [1.165, 1.54) is 22.0 Å². The van der Waals surface area contributed by atoms with Gasteiger partial charge < -0.3 is 18.9 Å². The molecule has 0 unspecified atom stereocenters. The Morgan fingerprint density at radius 3 is 2.45 bits per heavy atom. The van der Waals surface area contributed by atoms with Gasteiger partial charge in [0, 0.05) is 0 Å². The summed E-state index contributed by atoms with van der Waals surface area (Å²) >= 11 is 1.25. The van der Waals surface area contributed by atoms with E-state index in [0.29, 0.717) is 44.5 Å². The molecule has 0 spiro atoms. The third kappa shape index (κ3) is 5.33. The van der Waals surface area contributed by atoms with Crippen LogP contribution in [-0.2, 0) is 9.53 Å². The zero-order chi connectivity index (χ0) is 27.2. The van der Waals surface area contributed by atoms with Gasteiger partial charge >= 0.3 is 5.97 Å². The van der Waals surface area contributed by atoms with Crippen molar-refractivity contribution < 1.29 is 23.7 Å². The fourth-order valence-electron chi connectivity index (χ4n) is 4.09. The lowest BCUT2D eigenvalue weighted by Gasteiger charge is -2.24. The maximum Gasteiger partial charge on any atom is 0.338 e. The SMILES string of the molecule is C=CCOC(=O)C1=C(C)N=c2s/c(=C\c3ccc(OCC=C)c(OC)c3)c(=O)n2[C@H]1c1ccc(OC)cc1. The van der Waals surface area contributed by atoms with Gasteiger partial charge in [0.2, 0.25) is 0 Å². The largest absolute Gasteiger partial charge is 0.497 e. The van der Waals surface area contributed by atoms with Gasteiger partial charge in [0.05, 0.1) is 36.1 Å². The van der Waals surface area contributed by atoms with Crippen LogP contribution >= 0.6 is 11.3 Å². The van der Waals surface area contributed by atoms with Crippen molar-refractivity contribution in [3.63, 3.8) is 0 Å². The minimum atomic E-state index is -0.721. The smallest absolute Gasteiger partial charge is 0.338 e. The lowest BCUT2D eigenvalue weighted by Crippen LogP contribution is -2.39. The molecule has 2 aromatic carbocycles. The lowest BCUT2D eigenvalue weighted by atomic mass is 9.96. The van der Waals surface area contributed by atoms with Gasteiger partial charge in [-0.2, -0.15) is 0 Å². The Kier molecular flexibility index (Phi) is 8.28. The number of rotatable bonds is 10. The van der Waals surface area contributed by atoms with Crippen molar-refractivity contribution in [1.82, 2.24) is 4.57 Å². The maximum atomic E-state index is 13.8. The molecule has 1 atom stereocenters. The molecule has 196 valence electrons. The number of methoxy groups -OCH3 is 2. The summed E-state index contributed by atoms with van der Waals surface area (Å²) in [5.74, 6) is 1.21. The molecule has 8 nitrogen and oxygen atoms in total. The number of esters is 1. The highest BCUT2D eigenvalue weighted by atomic mass is 32.1. The predicted molar refractivity (Wildman–Crippen MR) is 147 cm³/mol. The van der Waals surface area contributed by atoms with Crippen LogP contribution in [0.1, 0.15) is 24.1 Å². The average Bonchev–Trinajstić information content (AvgIpc) is 3.24. The second-order valence-corrected chi connectivity index (χ2v) is 9.26. The van der Waals surface area contributed by atoms with Crippen molar-refractivity contribution in [1.29, 1.82) is 0 Å². The van der Waals surface area contributed by atoms with Gasteiger partial charge in [0.1, 0.15) is 19.0 Å². The number of thiazole rings is 1. The van der Waals surface area contributed by atoms with Crippen molar-refractivity contribution >= 4 is 23.4 Å². The molecule has 0 saturated heterocycles. The second-order valence-electron chi connectivity index (χ2n) is 8.25. The summed E-state index contributed by atoms with van der Waals surface area (Å²) in [6.07, 6.45) is 4.91.